The smallest absolute Gasteiger partial charge is 0.252 e. The molecule has 0 unspecified atom stereocenters. The Balaban J connectivity index is 0.00000625. The van der Waals surface area contributed by atoms with E-state index in [9.17, 15) is 8.42 Å². The number of guanidine groups is 1. The second kappa shape index (κ2) is 13.7. The second-order valence-electron chi connectivity index (χ2n) is 5.30. The highest BCUT2D eigenvalue weighted by Crippen LogP contribution is 2.25. The fourth-order valence-corrected chi connectivity index (χ4v) is 5.17. The molecule has 0 aromatic carbocycles. The zero-order valence-corrected chi connectivity index (χ0v) is 19.7. The molecule has 0 aliphatic carbocycles. The van der Waals surface area contributed by atoms with Crippen molar-refractivity contribution in [3.05, 3.63) is 17.0 Å². The van der Waals surface area contributed by atoms with E-state index in [1.54, 1.807) is 6.07 Å². The van der Waals surface area contributed by atoms with Crippen LogP contribution in [0.3, 0.4) is 0 Å². The van der Waals surface area contributed by atoms with E-state index in [1.165, 1.54) is 15.6 Å². The minimum Gasteiger partial charge on any atom is -0.382 e. The molecule has 1 aromatic heterocycles. The van der Waals surface area contributed by atoms with E-state index >= 15 is 0 Å². The molecule has 0 saturated carbocycles. The van der Waals surface area contributed by atoms with Gasteiger partial charge in [-0.15, -0.1) is 35.3 Å². The molecule has 26 heavy (non-hydrogen) atoms. The number of hydrogen-bond acceptors (Lipinski definition) is 5. The quantitative estimate of drug-likeness (QED) is 0.192. The van der Waals surface area contributed by atoms with E-state index in [1.807, 2.05) is 26.8 Å². The first kappa shape index (κ1) is 25.6. The third-order valence-electron chi connectivity index (χ3n) is 3.55. The van der Waals surface area contributed by atoms with E-state index in [-0.39, 0.29) is 24.0 Å². The topological polar surface area (TPSA) is 97.0 Å². The molecule has 1 aromatic rings. The van der Waals surface area contributed by atoms with Crippen LogP contribution in [0, 0.1) is 0 Å². The Labute approximate surface area is 178 Å². The van der Waals surface area contributed by atoms with Crippen molar-refractivity contribution < 1.29 is 13.2 Å². The van der Waals surface area contributed by atoms with Gasteiger partial charge in [-0.3, -0.25) is 4.99 Å². The Kier molecular flexibility index (Phi) is 13.5. The molecule has 10 heteroatoms. The molecule has 7 nitrogen and oxygen atoms in total. The fourth-order valence-electron chi connectivity index (χ4n) is 2.20. The van der Waals surface area contributed by atoms with Gasteiger partial charge in [0.1, 0.15) is 4.21 Å². The summed E-state index contributed by atoms with van der Waals surface area (Å²) >= 11 is 1.31. The van der Waals surface area contributed by atoms with Crippen molar-refractivity contribution in [2.24, 2.45) is 10.7 Å². The molecule has 0 radical (unpaired) electrons. The van der Waals surface area contributed by atoms with Crippen LogP contribution in [0.2, 0.25) is 0 Å². The molecule has 0 amide bonds. The summed E-state index contributed by atoms with van der Waals surface area (Å²) in [6, 6.07) is 3.54. The predicted octanol–water partition coefficient (Wildman–Crippen LogP) is 2.27. The van der Waals surface area contributed by atoms with Gasteiger partial charge >= 0.3 is 0 Å². The maximum atomic E-state index is 12.5. The molecular formula is C16H31IN4O3S2. The van der Waals surface area contributed by atoms with E-state index in [4.69, 9.17) is 10.5 Å². The summed E-state index contributed by atoms with van der Waals surface area (Å²) in [5.74, 6) is 0.407. The number of nitrogens with zero attached hydrogens (tertiary/aromatic N) is 2. The molecule has 0 aliphatic rings. The Morgan fingerprint density at radius 2 is 2.00 bits per heavy atom. The molecule has 0 atom stereocenters. The first-order chi connectivity index (χ1) is 12.0. The average molecular weight is 518 g/mol. The van der Waals surface area contributed by atoms with Gasteiger partial charge in [0, 0.05) is 44.3 Å². The van der Waals surface area contributed by atoms with E-state index in [0.29, 0.717) is 56.0 Å². The van der Waals surface area contributed by atoms with Gasteiger partial charge in [-0.2, -0.15) is 4.31 Å². The van der Waals surface area contributed by atoms with Gasteiger partial charge in [0.2, 0.25) is 0 Å². The standard InChI is InChI=1S/C16H30N4O3S2.HI/c1-4-20(5-2)25(21,22)15-9-8-14(24-15)10-12-19-16(17)18-11-7-13-23-6-3;/h8-9H,4-7,10-13H2,1-3H3,(H3,17,18,19);1H. The first-order valence-electron chi connectivity index (χ1n) is 8.66. The highest BCUT2D eigenvalue weighted by Gasteiger charge is 2.23. The molecule has 0 saturated heterocycles. The molecule has 0 bridgehead atoms. The minimum absolute atomic E-state index is 0. The SMILES string of the molecule is CCOCCCN=C(N)NCCc1ccc(S(=O)(=O)N(CC)CC)s1.I. The lowest BCUT2D eigenvalue weighted by molar-refractivity contribution is 0.146. The van der Waals surface area contributed by atoms with Crippen LogP contribution in [0.1, 0.15) is 32.1 Å². The number of thiophene rings is 1. The number of aliphatic imine (C=N–C) groups is 1. The summed E-state index contributed by atoms with van der Waals surface area (Å²) in [6.07, 6.45) is 1.54. The monoisotopic (exact) mass is 518 g/mol. The van der Waals surface area contributed by atoms with E-state index < -0.39 is 10.0 Å². The summed E-state index contributed by atoms with van der Waals surface area (Å²) < 4.78 is 32.0. The van der Waals surface area contributed by atoms with Gasteiger partial charge in [-0.25, -0.2) is 8.42 Å². The average Bonchev–Trinajstić information content (AvgIpc) is 3.05. The molecule has 3 N–H and O–H groups in total. The van der Waals surface area contributed by atoms with Crippen molar-refractivity contribution in [1.29, 1.82) is 0 Å². The highest BCUT2D eigenvalue weighted by molar-refractivity contribution is 14.0. The summed E-state index contributed by atoms with van der Waals surface area (Å²) in [5, 5.41) is 3.05. The first-order valence-corrected chi connectivity index (χ1v) is 10.9. The number of hydrogen-bond donors (Lipinski definition) is 2. The number of ether oxygens (including phenoxy) is 1. The lowest BCUT2D eigenvalue weighted by atomic mass is 10.3. The van der Waals surface area contributed by atoms with E-state index in [2.05, 4.69) is 10.3 Å². The number of nitrogens with two attached hydrogens (primary N) is 1. The second-order valence-corrected chi connectivity index (χ2v) is 8.64. The summed E-state index contributed by atoms with van der Waals surface area (Å²) in [5.41, 5.74) is 5.80. The van der Waals surface area contributed by atoms with Crippen molar-refractivity contribution in [2.45, 2.75) is 37.8 Å². The lowest BCUT2D eigenvalue weighted by Crippen LogP contribution is -2.33. The van der Waals surface area contributed by atoms with Crippen molar-refractivity contribution in [3.63, 3.8) is 0 Å². The maximum Gasteiger partial charge on any atom is 0.252 e. The van der Waals surface area contributed by atoms with Crippen LogP contribution in [0.5, 0.6) is 0 Å². The maximum absolute atomic E-state index is 12.5. The Morgan fingerprint density at radius 1 is 1.31 bits per heavy atom. The summed E-state index contributed by atoms with van der Waals surface area (Å²) in [4.78, 5) is 5.22. The number of sulfonamides is 1. The van der Waals surface area contributed by atoms with Crippen LogP contribution in [-0.4, -0.2) is 58.1 Å². The van der Waals surface area contributed by atoms with Crippen LogP contribution >= 0.6 is 35.3 Å². The Hall–Kier alpha value is -0.430. The number of halogens is 1. The van der Waals surface area contributed by atoms with Crippen molar-refractivity contribution >= 4 is 51.3 Å². The van der Waals surface area contributed by atoms with Crippen LogP contribution in [0.4, 0.5) is 0 Å². The van der Waals surface area contributed by atoms with E-state index in [0.717, 1.165) is 11.3 Å². The number of nitrogens with one attached hydrogen (secondary N) is 1. The molecule has 1 rings (SSSR count). The lowest BCUT2D eigenvalue weighted by Gasteiger charge is -2.16. The molecular weight excluding hydrogens is 487 g/mol. The van der Waals surface area contributed by atoms with Gasteiger partial charge in [-0.05, 0) is 31.9 Å². The molecule has 0 aliphatic heterocycles. The van der Waals surface area contributed by atoms with Crippen molar-refractivity contribution in [3.8, 4) is 0 Å². The van der Waals surface area contributed by atoms with Gasteiger partial charge in [0.25, 0.3) is 10.0 Å². The van der Waals surface area contributed by atoms with Crippen molar-refractivity contribution in [2.75, 3.05) is 39.4 Å². The molecule has 152 valence electrons. The summed E-state index contributed by atoms with van der Waals surface area (Å²) in [6.45, 7) is 9.24. The van der Waals surface area contributed by atoms with Gasteiger partial charge in [0.05, 0.1) is 0 Å². The Morgan fingerprint density at radius 3 is 2.62 bits per heavy atom. The van der Waals surface area contributed by atoms with Gasteiger partial charge in [-0.1, -0.05) is 13.8 Å². The molecule has 0 spiro atoms. The van der Waals surface area contributed by atoms with Crippen LogP contribution in [-0.2, 0) is 21.2 Å². The van der Waals surface area contributed by atoms with Crippen LogP contribution in [0.15, 0.2) is 21.3 Å². The van der Waals surface area contributed by atoms with Crippen LogP contribution < -0.4 is 11.1 Å². The van der Waals surface area contributed by atoms with Gasteiger partial charge < -0.3 is 15.8 Å². The van der Waals surface area contributed by atoms with Gasteiger partial charge in [0.15, 0.2) is 5.96 Å². The Bertz CT molecular complexity index is 631. The normalized spacial score (nSPS) is 12.2. The molecule has 1 heterocycles. The van der Waals surface area contributed by atoms with Crippen molar-refractivity contribution in [1.82, 2.24) is 9.62 Å². The predicted molar refractivity (Wildman–Crippen MR) is 119 cm³/mol. The highest BCUT2D eigenvalue weighted by atomic mass is 127. The zero-order chi connectivity index (χ0) is 18.7. The largest absolute Gasteiger partial charge is 0.382 e. The minimum atomic E-state index is -3.37. The fraction of sp³-hybridized carbons (Fsp3) is 0.688. The zero-order valence-electron chi connectivity index (χ0n) is 15.7. The third kappa shape index (κ3) is 8.51. The third-order valence-corrected chi connectivity index (χ3v) is 7.21. The molecule has 0 fully saturated rings. The number of rotatable bonds is 12. The summed E-state index contributed by atoms with van der Waals surface area (Å²) in [7, 11) is -3.37. The van der Waals surface area contributed by atoms with Crippen LogP contribution in [0.25, 0.3) is 0 Å².